The average Bonchev–Trinajstić information content (AvgIpc) is 3.31. The first-order valence-electron chi connectivity index (χ1n) is 8.46. The summed E-state index contributed by atoms with van der Waals surface area (Å²) in [5.41, 5.74) is 2.97. The van der Waals surface area contributed by atoms with Gasteiger partial charge in [0.1, 0.15) is 0 Å². The smallest absolute Gasteiger partial charge is 0.0414 e. The zero-order valence-corrected chi connectivity index (χ0v) is 12.8. The Morgan fingerprint density at radius 3 is 2.80 bits per heavy atom. The van der Waals surface area contributed by atoms with Gasteiger partial charge in [0, 0.05) is 30.9 Å². The number of hydrogen-bond donors (Lipinski definition) is 1. The van der Waals surface area contributed by atoms with Crippen LogP contribution in [0.15, 0.2) is 24.3 Å². The highest BCUT2D eigenvalue weighted by Crippen LogP contribution is 2.30. The van der Waals surface area contributed by atoms with Gasteiger partial charge in [0.05, 0.1) is 0 Å². The number of anilines is 1. The Morgan fingerprint density at radius 2 is 2.00 bits per heavy atom. The van der Waals surface area contributed by atoms with Crippen LogP contribution >= 0.6 is 0 Å². The average molecular weight is 272 g/mol. The van der Waals surface area contributed by atoms with Gasteiger partial charge in [-0.25, -0.2) is 0 Å². The van der Waals surface area contributed by atoms with Crippen molar-refractivity contribution in [3.8, 4) is 0 Å². The lowest BCUT2D eigenvalue weighted by Crippen LogP contribution is -2.40. The number of para-hydroxylation sites is 1. The first-order chi connectivity index (χ1) is 9.88. The molecule has 1 atom stereocenters. The van der Waals surface area contributed by atoms with Gasteiger partial charge in [-0.1, -0.05) is 31.5 Å². The van der Waals surface area contributed by atoms with Gasteiger partial charge >= 0.3 is 0 Å². The SMILES string of the molecule is CCCC1CCCCN1c1ccccc1CNC1CC1. The molecule has 1 N–H and O–H groups in total. The van der Waals surface area contributed by atoms with Crippen molar-refractivity contribution < 1.29 is 0 Å². The van der Waals surface area contributed by atoms with Crippen LogP contribution in [0.25, 0.3) is 0 Å². The molecule has 1 saturated carbocycles. The van der Waals surface area contributed by atoms with Gasteiger partial charge in [0.15, 0.2) is 0 Å². The molecule has 2 heteroatoms. The van der Waals surface area contributed by atoms with Gasteiger partial charge in [-0.3, -0.25) is 0 Å². The van der Waals surface area contributed by atoms with E-state index in [1.807, 2.05) is 0 Å². The minimum atomic E-state index is 0.760. The second-order valence-corrected chi connectivity index (χ2v) is 6.42. The van der Waals surface area contributed by atoms with Crippen molar-refractivity contribution in [2.75, 3.05) is 11.4 Å². The Morgan fingerprint density at radius 1 is 1.15 bits per heavy atom. The van der Waals surface area contributed by atoms with Crippen LogP contribution in [0.2, 0.25) is 0 Å². The summed E-state index contributed by atoms with van der Waals surface area (Å²) in [7, 11) is 0. The quantitative estimate of drug-likeness (QED) is 0.839. The second kappa shape index (κ2) is 6.62. The minimum absolute atomic E-state index is 0.760. The molecule has 1 aliphatic carbocycles. The lowest BCUT2D eigenvalue weighted by molar-refractivity contribution is 0.433. The standard InChI is InChI=1S/C18H28N2/c1-2-7-17-9-5-6-13-20(17)18-10-4-3-8-15(18)14-19-16-11-12-16/h3-4,8,10,16-17,19H,2,5-7,9,11-14H2,1H3. The molecule has 2 fully saturated rings. The van der Waals surface area contributed by atoms with Crippen LogP contribution in [0, 0.1) is 0 Å². The second-order valence-electron chi connectivity index (χ2n) is 6.42. The summed E-state index contributed by atoms with van der Waals surface area (Å²) in [6.07, 6.45) is 9.50. The van der Waals surface area contributed by atoms with Gasteiger partial charge in [0.2, 0.25) is 0 Å². The van der Waals surface area contributed by atoms with Crippen molar-refractivity contribution in [3.63, 3.8) is 0 Å². The summed E-state index contributed by atoms with van der Waals surface area (Å²) in [4.78, 5) is 2.69. The largest absolute Gasteiger partial charge is 0.368 e. The van der Waals surface area contributed by atoms with Crippen molar-refractivity contribution in [1.29, 1.82) is 0 Å². The molecule has 0 aromatic heterocycles. The minimum Gasteiger partial charge on any atom is -0.368 e. The van der Waals surface area contributed by atoms with Crippen LogP contribution < -0.4 is 10.2 Å². The van der Waals surface area contributed by atoms with E-state index in [9.17, 15) is 0 Å². The third kappa shape index (κ3) is 3.35. The van der Waals surface area contributed by atoms with Crippen molar-refractivity contribution in [2.45, 2.75) is 70.5 Å². The van der Waals surface area contributed by atoms with E-state index in [0.29, 0.717) is 0 Å². The third-order valence-corrected chi connectivity index (χ3v) is 4.71. The van der Waals surface area contributed by atoms with E-state index in [1.165, 1.54) is 62.7 Å². The first kappa shape index (κ1) is 13.9. The maximum absolute atomic E-state index is 3.67. The van der Waals surface area contributed by atoms with Gasteiger partial charge in [-0.2, -0.15) is 0 Å². The molecule has 1 saturated heterocycles. The number of nitrogens with one attached hydrogen (secondary N) is 1. The highest BCUT2D eigenvalue weighted by Gasteiger charge is 2.24. The van der Waals surface area contributed by atoms with E-state index >= 15 is 0 Å². The van der Waals surface area contributed by atoms with Gasteiger partial charge in [0.25, 0.3) is 0 Å². The molecule has 2 aliphatic rings. The molecule has 1 heterocycles. The fraction of sp³-hybridized carbons (Fsp3) is 0.667. The summed E-state index contributed by atoms with van der Waals surface area (Å²) >= 11 is 0. The van der Waals surface area contributed by atoms with Crippen molar-refractivity contribution in [1.82, 2.24) is 5.32 Å². The van der Waals surface area contributed by atoms with Crippen LogP contribution in [0.5, 0.6) is 0 Å². The predicted molar refractivity (Wildman–Crippen MR) is 86.2 cm³/mol. The Bertz CT molecular complexity index is 423. The van der Waals surface area contributed by atoms with E-state index in [2.05, 4.69) is 41.4 Å². The maximum Gasteiger partial charge on any atom is 0.0414 e. The lowest BCUT2D eigenvalue weighted by Gasteiger charge is -2.39. The predicted octanol–water partition coefficient (Wildman–Crippen LogP) is 4.10. The highest BCUT2D eigenvalue weighted by molar-refractivity contribution is 5.54. The van der Waals surface area contributed by atoms with Crippen molar-refractivity contribution in [3.05, 3.63) is 29.8 Å². The van der Waals surface area contributed by atoms with Crippen LogP contribution in [0.4, 0.5) is 5.69 Å². The number of benzene rings is 1. The molecule has 1 aromatic rings. The van der Waals surface area contributed by atoms with Crippen molar-refractivity contribution in [2.24, 2.45) is 0 Å². The molecule has 20 heavy (non-hydrogen) atoms. The van der Waals surface area contributed by atoms with Gasteiger partial charge in [-0.05, 0) is 50.2 Å². The number of rotatable bonds is 6. The Hall–Kier alpha value is -1.02. The number of hydrogen-bond acceptors (Lipinski definition) is 2. The summed E-state index contributed by atoms with van der Waals surface area (Å²) in [6, 6.07) is 10.6. The first-order valence-corrected chi connectivity index (χ1v) is 8.46. The van der Waals surface area contributed by atoms with Crippen LogP contribution in [0.3, 0.4) is 0 Å². The molecule has 1 unspecified atom stereocenters. The van der Waals surface area contributed by atoms with Gasteiger partial charge < -0.3 is 10.2 Å². The zero-order valence-electron chi connectivity index (χ0n) is 12.8. The summed E-state index contributed by atoms with van der Waals surface area (Å²) < 4.78 is 0. The Balaban J connectivity index is 1.75. The Kier molecular flexibility index (Phi) is 4.62. The zero-order chi connectivity index (χ0) is 13.8. The lowest BCUT2D eigenvalue weighted by atomic mass is 9.96. The maximum atomic E-state index is 3.67. The normalized spacial score (nSPS) is 23.1. The highest BCUT2D eigenvalue weighted by atomic mass is 15.2. The fourth-order valence-corrected chi connectivity index (χ4v) is 3.43. The van der Waals surface area contributed by atoms with Crippen LogP contribution in [-0.2, 0) is 6.54 Å². The van der Waals surface area contributed by atoms with Crippen molar-refractivity contribution >= 4 is 5.69 Å². The summed E-state index contributed by atoms with van der Waals surface area (Å²) in [5.74, 6) is 0. The summed E-state index contributed by atoms with van der Waals surface area (Å²) in [5, 5.41) is 3.67. The molecule has 0 spiro atoms. The van der Waals surface area contributed by atoms with Gasteiger partial charge in [-0.15, -0.1) is 0 Å². The van der Waals surface area contributed by atoms with E-state index < -0.39 is 0 Å². The number of nitrogens with zero attached hydrogens (tertiary/aromatic N) is 1. The molecule has 0 amide bonds. The molecule has 1 aliphatic heterocycles. The van der Waals surface area contributed by atoms with E-state index in [4.69, 9.17) is 0 Å². The molecule has 0 bridgehead atoms. The monoisotopic (exact) mass is 272 g/mol. The molecule has 0 radical (unpaired) electrons. The number of piperidine rings is 1. The van der Waals surface area contributed by atoms with E-state index in [-0.39, 0.29) is 0 Å². The fourth-order valence-electron chi connectivity index (χ4n) is 3.43. The Labute approximate surface area is 123 Å². The summed E-state index contributed by atoms with van der Waals surface area (Å²) in [6.45, 7) is 4.59. The third-order valence-electron chi connectivity index (χ3n) is 4.71. The molecule has 1 aromatic carbocycles. The van der Waals surface area contributed by atoms with E-state index in [0.717, 1.165) is 18.6 Å². The van der Waals surface area contributed by atoms with Crippen LogP contribution in [0.1, 0.15) is 57.4 Å². The molecule has 3 rings (SSSR count). The van der Waals surface area contributed by atoms with Crippen LogP contribution in [-0.4, -0.2) is 18.6 Å². The molecular formula is C18H28N2. The molecular weight excluding hydrogens is 244 g/mol. The molecule has 2 nitrogen and oxygen atoms in total. The molecule has 110 valence electrons. The topological polar surface area (TPSA) is 15.3 Å². The van der Waals surface area contributed by atoms with E-state index in [1.54, 1.807) is 0 Å².